The van der Waals surface area contributed by atoms with E-state index in [1.165, 1.54) is 36.4 Å². The van der Waals surface area contributed by atoms with Crippen LogP contribution in [0, 0.1) is 11.2 Å². The lowest BCUT2D eigenvalue weighted by atomic mass is 9.84. The number of aromatic hydroxyl groups is 1. The topological polar surface area (TPSA) is 124 Å². The fourth-order valence-electron chi connectivity index (χ4n) is 5.94. The van der Waals surface area contributed by atoms with Gasteiger partial charge in [0, 0.05) is 48.7 Å². The number of carbonyl (C=O) groups excluding carboxylic acids is 3. The fourth-order valence-corrected chi connectivity index (χ4v) is 5.94. The third kappa shape index (κ3) is 7.54. The molecule has 0 aliphatic carbocycles. The summed E-state index contributed by atoms with van der Waals surface area (Å²) in [6.45, 7) is 6.86. The van der Waals surface area contributed by atoms with Gasteiger partial charge in [0.2, 0.25) is 0 Å². The highest BCUT2D eigenvalue weighted by molar-refractivity contribution is 6.11. The lowest BCUT2D eigenvalue weighted by Crippen LogP contribution is -2.54. The normalized spacial score (nSPS) is 19.7. The number of halogens is 2. The Balaban J connectivity index is 0.00000442. The van der Waals surface area contributed by atoms with Crippen LogP contribution in [0.15, 0.2) is 60.9 Å². The summed E-state index contributed by atoms with van der Waals surface area (Å²) in [6, 6.07) is 11.4. The number of hydrogen-bond acceptors (Lipinski definition) is 7. The number of nitrogens with zero attached hydrogens (tertiary/aromatic N) is 2. The van der Waals surface area contributed by atoms with Crippen molar-refractivity contribution in [3.05, 3.63) is 89.0 Å². The molecule has 2 saturated heterocycles. The van der Waals surface area contributed by atoms with E-state index in [9.17, 15) is 19.5 Å². The second-order valence-corrected chi connectivity index (χ2v) is 12.1. The lowest BCUT2D eigenvalue weighted by molar-refractivity contribution is 0.0882. The van der Waals surface area contributed by atoms with Gasteiger partial charge in [-0.15, -0.1) is 12.4 Å². The van der Waals surface area contributed by atoms with Crippen molar-refractivity contribution >= 4 is 35.7 Å². The van der Waals surface area contributed by atoms with Crippen molar-refractivity contribution in [1.29, 1.82) is 0 Å². The summed E-state index contributed by atoms with van der Waals surface area (Å²) in [7, 11) is 0. The molecule has 234 valence electrons. The molecule has 2 aliphatic rings. The van der Waals surface area contributed by atoms with Crippen LogP contribution in [0.5, 0.6) is 5.75 Å². The van der Waals surface area contributed by atoms with Crippen LogP contribution in [0.1, 0.15) is 76.2 Å². The molecule has 3 heterocycles. The number of aromatic nitrogens is 1. The Morgan fingerprint density at radius 3 is 2.25 bits per heavy atom. The van der Waals surface area contributed by atoms with Gasteiger partial charge in [0.1, 0.15) is 11.3 Å². The third-order valence-corrected chi connectivity index (χ3v) is 8.27. The Kier molecular flexibility index (Phi) is 10.6. The van der Waals surface area contributed by atoms with Gasteiger partial charge in [-0.25, -0.2) is 4.39 Å². The first-order valence-corrected chi connectivity index (χ1v) is 14.8. The van der Waals surface area contributed by atoms with Crippen LogP contribution in [-0.2, 0) is 0 Å². The van der Waals surface area contributed by atoms with Crippen LogP contribution >= 0.6 is 12.4 Å². The largest absolute Gasteiger partial charge is 0.507 e. The van der Waals surface area contributed by atoms with E-state index in [1.54, 1.807) is 24.5 Å². The number of amides is 2. The molecule has 9 nitrogen and oxygen atoms in total. The molecule has 0 saturated carbocycles. The number of carbonyl (C=O) groups is 3. The number of hydrogen-bond donors (Lipinski definition) is 4. The molecule has 2 aliphatic heterocycles. The molecule has 2 amide bonds. The maximum Gasteiger partial charge on any atom is 0.251 e. The maximum absolute atomic E-state index is 15.7. The van der Waals surface area contributed by atoms with Crippen molar-refractivity contribution in [3.8, 4) is 5.75 Å². The van der Waals surface area contributed by atoms with Gasteiger partial charge in [-0.1, -0.05) is 26.0 Å². The zero-order valence-electron chi connectivity index (χ0n) is 24.9. The maximum atomic E-state index is 15.7. The molecule has 3 aromatic rings. The molecule has 0 radical (unpaired) electrons. The van der Waals surface area contributed by atoms with E-state index < -0.39 is 17.3 Å². The molecule has 2 fully saturated rings. The predicted molar refractivity (Wildman–Crippen MR) is 169 cm³/mol. The van der Waals surface area contributed by atoms with Gasteiger partial charge in [0.25, 0.3) is 11.8 Å². The molecular formula is C33H39ClFN5O4. The van der Waals surface area contributed by atoms with Gasteiger partial charge in [-0.2, -0.15) is 0 Å². The second-order valence-electron chi connectivity index (χ2n) is 12.1. The van der Waals surface area contributed by atoms with Gasteiger partial charge in [0.15, 0.2) is 11.6 Å². The summed E-state index contributed by atoms with van der Waals surface area (Å²) in [5.41, 5.74) is 0.898. The van der Waals surface area contributed by atoms with E-state index in [2.05, 4.69) is 34.8 Å². The molecule has 0 unspecified atom stereocenters. The summed E-state index contributed by atoms with van der Waals surface area (Å²) >= 11 is 0. The van der Waals surface area contributed by atoms with E-state index in [0.29, 0.717) is 42.9 Å². The molecule has 44 heavy (non-hydrogen) atoms. The zero-order chi connectivity index (χ0) is 30.6. The molecule has 11 heteroatoms. The molecule has 1 aromatic heterocycles. The van der Waals surface area contributed by atoms with E-state index >= 15 is 4.39 Å². The number of phenolic OH excluding ortho intramolecular Hbond substituents is 1. The van der Waals surface area contributed by atoms with Crippen molar-refractivity contribution in [2.24, 2.45) is 5.41 Å². The van der Waals surface area contributed by atoms with Gasteiger partial charge in [-0.3, -0.25) is 19.4 Å². The first-order chi connectivity index (χ1) is 20.6. The lowest BCUT2D eigenvalue weighted by Gasteiger charge is -2.39. The van der Waals surface area contributed by atoms with Crippen molar-refractivity contribution in [1.82, 2.24) is 20.9 Å². The number of nitrogens with one attached hydrogen (secondary N) is 3. The predicted octanol–water partition coefficient (Wildman–Crippen LogP) is 4.49. The number of anilines is 1. The Morgan fingerprint density at radius 2 is 1.57 bits per heavy atom. The molecule has 0 spiro atoms. The van der Waals surface area contributed by atoms with Crippen molar-refractivity contribution in [3.63, 3.8) is 0 Å². The first kappa shape index (κ1) is 32.9. The Morgan fingerprint density at radius 1 is 0.932 bits per heavy atom. The van der Waals surface area contributed by atoms with Crippen LogP contribution in [-0.4, -0.2) is 66.0 Å². The Labute approximate surface area is 263 Å². The summed E-state index contributed by atoms with van der Waals surface area (Å²) in [4.78, 5) is 45.2. The standard InChI is InChI=1S/C33H38FN5O4.ClH/c1-33(2)14-4-18-39(20-33)26-10-11-27(40)28(29(26)34)30(41)21-6-8-22(9-7-21)31(42)37-24-5-3-15-36-19-25(24)38-32(43)23-12-16-35-17-13-23;/h6-13,16-17,24-25,36,40H,3-5,14-15,18-20H2,1-2H3,(H,37,42)(H,38,43);1H/t24-,25-;/m1./s1. The summed E-state index contributed by atoms with van der Waals surface area (Å²) in [6.07, 6.45) is 6.54. The zero-order valence-corrected chi connectivity index (χ0v) is 25.8. The highest BCUT2D eigenvalue weighted by atomic mass is 35.5. The minimum atomic E-state index is -0.744. The number of phenols is 1. The van der Waals surface area contributed by atoms with Gasteiger partial charge < -0.3 is 26.0 Å². The number of ketones is 1. The molecule has 0 bridgehead atoms. The third-order valence-electron chi connectivity index (χ3n) is 8.27. The van der Waals surface area contributed by atoms with Crippen molar-refractivity contribution in [2.75, 3.05) is 31.1 Å². The highest BCUT2D eigenvalue weighted by Crippen LogP contribution is 2.36. The van der Waals surface area contributed by atoms with E-state index in [4.69, 9.17) is 0 Å². The van der Waals surface area contributed by atoms with Crippen LogP contribution in [0.25, 0.3) is 0 Å². The summed E-state index contributed by atoms with van der Waals surface area (Å²) in [5.74, 6) is -2.43. The van der Waals surface area contributed by atoms with Gasteiger partial charge in [-0.05, 0) is 74.0 Å². The molecule has 4 N–H and O–H groups in total. The van der Waals surface area contributed by atoms with Crippen molar-refractivity contribution < 1.29 is 23.9 Å². The van der Waals surface area contributed by atoms with E-state index in [-0.39, 0.29) is 52.8 Å². The average molecular weight is 624 g/mol. The number of pyridine rings is 1. The van der Waals surface area contributed by atoms with Gasteiger partial charge in [0.05, 0.1) is 17.8 Å². The summed E-state index contributed by atoms with van der Waals surface area (Å²) in [5, 5.41) is 19.8. The van der Waals surface area contributed by atoms with Crippen molar-refractivity contribution in [2.45, 2.75) is 51.6 Å². The highest BCUT2D eigenvalue weighted by Gasteiger charge is 2.31. The summed E-state index contributed by atoms with van der Waals surface area (Å²) < 4.78 is 15.7. The smallest absolute Gasteiger partial charge is 0.251 e. The Bertz CT molecular complexity index is 1490. The molecule has 2 atom stereocenters. The number of benzene rings is 2. The molecule has 2 aromatic carbocycles. The molecular weight excluding hydrogens is 585 g/mol. The quantitative estimate of drug-likeness (QED) is 0.286. The SMILES string of the molecule is CC1(C)CCCN(c2ccc(O)c(C(=O)c3ccc(C(=O)N[C@@H]4CCCNC[C@H]4NC(=O)c4ccncc4)cc3)c2F)C1.Cl. The number of rotatable bonds is 7. The monoisotopic (exact) mass is 623 g/mol. The fraction of sp³-hybridized carbons (Fsp3) is 0.394. The minimum absolute atomic E-state index is 0. The first-order valence-electron chi connectivity index (χ1n) is 14.8. The molecule has 5 rings (SSSR count). The second kappa shape index (κ2) is 14.2. The van der Waals surface area contributed by atoms with E-state index in [0.717, 1.165) is 25.8 Å². The average Bonchev–Trinajstić information content (AvgIpc) is 3.21. The van der Waals surface area contributed by atoms with Crippen LogP contribution in [0.2, 0.25) is 0 Å². The Hall–Kier alpha value is -4.02. The van der Waals surface area contributed by atoms with Crippen LogP contribution in [0.4, 0.5) is 10.1 Å². The van der Waals surface area contributed by atoms with Crippen LogP contribution in [0.3, 0.4) is 0 Å². The van der Waals surface area contributed by atoms with Crippen LogP contribution < -0.4 is 20.9 Å². The van der Waals surface area contributed by atoms with E-state index in [1.807, 2.05) is 4.90 Å². The van der Waals surface area contributed by atoms with Gasteiger partial charge >= 0.3 is 0 Å². The minimum Gasteiger partial charge on any atom is -0.507 e. The number of piperidine rings is 1.